The van der Waals surface area contributed by atoms with Gasteiger partial charge >= 0.3 is 12.0 Å². The Morgan fingerprint density at radius 2 is 1.77 bits per heavy atom. The van der Waals surface area contributed by atoms with Crippen molar-refractivity contribution in [3.8, 4) is 11.5 Å². The van der Waals surface area contributed by atoms with Crippen LogP contribution in [0.25, 0.3) is 6.08 Å². The summed E-state index contributed by atoms with van der Waals surface area (Å²) in [7, 11) is 2.61. The molecule has 4 amide bonds. The lowest BCUT2D eigenvalue weighted by atomic mass is 10.1. The normalized spacial score (nSPS) is 15.0. The summed E-state index contributed by atoms with van der Waals surface area (Å²) in [6, 6.07) is 8.24. The van der Waals surface area contributed by atoms with Gasteiger partial charge in [-0.05, 0) is 48.0 Å². The second kappa shape index (κ2) is 9.08. The van der Waals surface area contributed by atoms with E-state index < -0.39 is 29.6 Å². The molecule has 0 radical (unpaired) electrons. The van der Waals surface area contributed by atoms with Crippen LogP contribution in [0.2, 0.25) is 0 Å². The number of hydrogen-bond donors (Lipinski definition) is 1. The summed E-state index contributed by atoms with van der Waals surface area (Å²) in [6.45, 7) is -0.330. The van der Waals surface area contributed by atoms with Crippen molar-refractivity contribution in [3.63, 3.8) is 0 Å². The van der Waals surface area contributed by atoms with Crippen LogP contribution in [0.4, 0.5) is 14.9 Å². The Morgan fingerprint density at radius 1 is 1.06 bits per heavy atom. The predicted molar refractivity (Wildman–Crippen MR) is 106 cm³/mol. The van der Waals surface area contributed by atoms with Crippen molar-refractivity contribution in [3.05, 3.63) is 59.4 Å². The molecule has 0 unspecified atom stereocenters. The maximum absolute atomic E-state index is 13.2. The number of imide groups is 2. The molecule has 160 valence electrons. The fraction of sp³-hybridized carbons (Fsp3) is 0.143. The highest BCUT2D eigenvalue weighted by Crippen LogP contribution is 2.30. The number of carbonyl (C=O) groups excluding carboxylic acids is 4. The van der Waals surface area contributed by atoms with E-state index in [1.807, 2.05) is 0 Å². The van der Waals surface area contributed by atoms with Crippen molar-refractivity contribution in [1.82, 2.24) is 5.32 Å². The molecule has 31 heavy (non-hydrogen) atoms. The number of anilines is 1. The van der Waals surface area contributed by atoms with Crippen LogP contribution in [0.3, 0.4) is 0 Å². The zero-order chi connectivity index (χ0) is 22.5. The van der Waals surface area contributed by atoms with Gasteiger partial charge in [0.1, 0.15) is 11.4 Å². The van der Waals surface area contributed by atoms with Gasteiger partial charge < -0.3 is 14.2 Å². The predicted octanol–water partition coefficient (Wildman–Crippen LogP) is 2.05. The third-order valence-electron chi connectivity index (χ3n) is 4.26. The number of nitrogens with one attached hydrogen (secondary N) is 1. The number of carbonyl (C=O) groups is 4. The molecule has 0 spiro atoms. The monoisotopic (exact) mass is 428 g/mol. The standard InChI is InChI=1S/C21H17FN2O7/c1-29-17-10-12(3-8-16(17)31-11-18(25)30-2)9-15-19(26)23-21(28)24(20(15)27)14-6-4-13(22)5-7-14/h3-10H,11H2,1-2H3,(H,23,26,28). The number of esters is 1. The van der Waals surface area contributed by atoms with E-state index in [-0.39, 0.29) is 29.4 Å². The van der Waals surface area contributed by atoms with Crippen molar-refractivity contribution in [2.75, 3.05) is 25.7 Å². The molecule has 9 nitrogen and oxygen atoms in total. The highest BCUT2D eigenvalue weighted by atomic mass is 19.1. The Labute approximate surface area is 176 Å². The van der Waals surface area contributed by atoms with Crippen LogP contribution in [-0.2, 0) is 19.1 Å². The van der Waals surface area contributed by atoms with Gasteiger partial charge in [0.05, 0.1) is 19.9 Å². The number of nitrogens with zero attached hydrogens (tertiary/aromatic N) is 1. The fourth-order valence-corrected chi connectivity index (χ4v) is 2.74. The molecule has 0 saturated carbocycles. The van der Waals surface area contributed by atoms with Crippen LogP contribution in [0.5, 0.6) is 11.5 Å². The first-order valence-corrected chi connectivity index (χ1v) is 8.88. The molecule has 2 aromatic rings. The molecule has 10 heteroatoms. The van der Waals surface area contributed by atoms with Gasteiger partial charge in [0.25, 0.3) is 11.8 Å². The molecule has 0 bridgehead atoms. The van der Waals surface area contributed by atoms with E-state index in [1.165, 1.54) is 50.6 Å². The SMILES string of the molecule is COC(=O)COc1ccc(C=C2C(=O)NC(=O)N(c3ccc(F)cc3)C2=O)cc1OC. The quantitative estimate of drug-likeness (QED) is 0.426. The molecule has 1 heterocycles. The smallest absolute Gasteiger partial charge is 0.343 e. The second-order valence-electron chi connectivity index (χ2n) is 6.21. The molecular formula is C21H17FN2O7. The number of halogens is 1. The zero-order valence-corrected chi connectivity index (χ0v) is 16.5. The third-order valence-corrected chi connectivity index (χ3v) is 4.26. The van der Waals surface area contributed by atoms with Gasteiger partial charge in [0, 0.05) is 0 Å². The van der Waals surface area contributed by atoms with Gasteiger partial charge in [-0.3, -0.25) is 14.9 Å². The van der Waals surface area contributed by atoms with Crippen LogP contribution in [0, 0.1) is 5.82 Å². The van der Waals surface area contributed by atoms with E-state index in [9.17, 15) is 23.6 Å². The van der Waals surface area contributed by atoms with Crippen LogP contribution in [0.15, 0.2) is 48.0 Å². The highest BCUT2D eigenvalue weighted by molar-refractivity contribution is 6.39. The number of amides is 4. The molecule has 1 aliphatic rings. The summed E-state index contributed by atoms with van der Waals surface area (Å²) >= 11 is 0. The first-order chi connectivity index (χ1) is 14.8. The van der Waals surface area contributed by atoms with Gasteiger partial charge in [-0.25, -0.2) is 18.9 Å². The minimum absolute atomic E-state index is 0.103. The summed E-state index contributed by atoms with van der Waals surface area (Å²) in [5, 5.41) is 2.08. The average Bonchev–Trinajstić information content (AvgIpc) is 2.76. The Bertz CT molecular complexity index is 1080. The number of methoxy groups -OCH3 is 2. The molecule has 1 saturated heterocycles. The van der Waals surface area contributed by atoms with Crippen molar-refractivity contribution in [1.29, 1.82) is 0 Å². The van der Waals surface area contributed by atoms with Crippen LogP contribution in [0.1, 0.15) is 5.56 Å². The molecule has 3 rings (SSSR count). The molecular weight excluding hydrogens is 411 g/mol. The Balaban J connectivity index is 1.91. The van der Waals surface area contributed by atoms with Gasteiger partial charge in [-0.2, -0.15) is 0 Å². The van der Waals surface area contributed by atoms with Crippen molar-refractivity contribution >= 4 is 35.6 Å². The number of rotatable bonds is 6. The maximum Gasteiger partial charge on any atom is 0.343 e. The van der Waals surface area contributed by atoms with Gasteiger partial charge in [0.15, 0.2) is 18.1 Å². The van der Waals surface area contributed by atoms with Crippen molar-refractivity contribution in [2.24, 2.45) is 0 Å². The van der Waals surface area contributed by atoms with Gasteiger partial charge in [-0.1, -0.05) is 6.07 Å². The van der Waals surface area contributed by atoms with E-state index in [1.54, 1.807) is 0 Å². The topological polar surface area (TPSA) is 111 Å². The van der Waals surface area contributed by atoms with Crippen molar-refractivity contribution < 1.29 is 37.8 Å². The van der Waals surface area contributed by atoms with E-state index in [0.717, 1.165) is 17.0 Å². The lowest BCUT2D eigenvalue weighted by Gasteiger charge is -2.26. The molecule has 1 aliphatic heterocycles. The number of hydrogen-bond acceptors (Lipinski definition) is 7. The number of urea groups is 1. The molecule has 0 atom stereocenters. The number of ether oxygens (including phenoxy) is 3. The summed E-state index contributed by atoms with van der Waals surface area (Å²) < 4.78 is 28.2. The molecule has 1 fully saturated rings. The van der Waals surface area contributed by atoms with E-state index in [0.29, 0.717) is 5.56 Å². The highest BCUT2D eigenvalue weighted by Gasteiger charge is 2.36. The fourth-order valence-electron chi connectivity index (χ4n) is 2.74. The zero-order valence-electron chi connectivity index (χ0n) is 16.5. The molecule has 0 aromatic heterocycles. The second-order valence-corrected chi connectivity index (χ2v) is 6.21. The largest absolute Gasteiger partial charge is 0.493 e. The number of barbiturate groups is 1. The summed E-state index contributed by atoms with van der Waals surface area (Å²) in [5.74, 6) is -2.38. The van der Waals surface area contributed by atoms with Gasteiger partial charge in [0.2, 0.25) is 0 Å². The molecule has 0 aliphatic carbocycles. The van der Waals surface area contributed by atoms with Crippen LogP contribution < -0.4 is 19.7 Å². The lowest BCUT2D eigenvalue weighted by Crippen LogP contribution is -2.54. The Hall–Kier alpha value is -4.21. The molecule has 1 N–H and O–H groups in total. The minimum atomic E-state index is -0.942. The van der Waals surface area contributed by atoms with Crippen molar-refractivity contribution in [2.45, 2.75) is 0 Å². The Morgan fingerprint density at radius 3 is 2.42 bits per heavy atom. The first-order valence-electron chi connectivity index (χ1n) is 8.88. The van der Waals surface area contributed by atoms with Gasteiger partial charge in [-0.15, -0.1) is 0 Å². The van der Waals surface area contributed by atoms with E-state index >= 15 is 0 Å². The lowest BCUT2D eigenvalue weighted by molar-refractivity contribution is -0.143. The summed E-state index contributed by atoms with van der Waals surface area (Å²) in [4.78, 5) is 49.3. The average molecular weight is 428 g/mol. The van der Waals surface area contributed by atoms with Crippen LogP contribution >= 0.6 is 0 Å². The van der Waals surface area contributed by atoms with E-state index in [4.69, 9.17) is 9.47 Å². The maximum atomic E-state index is 13.2. The molecule has 2 aromatic carbocycles. The minimum Gasteiger partial charge on any atom is -0.493 e. The summed E-state index contributed by atoms with van der Waals surface area (Å²) in [6.07, 6.45) is 1.27. The summed E-state index contributed by atoms with van der Waals surface area (Å²) in [5.41, 5.74) is 0.190. The number of benzene rings is 2. The first kappa shape index (κ1) is 21.5. The van der Waals surface area contributed by atoms with Crippen LogP contribution in [-0.4, -0.2) is 44.6 Å². The third kappa shape index (κ3) is 4.69. The van der Waals surface area contributed by atoms with E-state index in [2.05, 4.69) is 10.1 Å². The Kier molecular flexibility index (Phi) is 6.29.